The van der Waals surface area contributed by atoms with Crippen LogP contribution >= 0.6 is 0 Å². The summed E-state index contributed by atoms with van der Waals surface area (Å²) in [5.74, 6) is -0.581. The fraction of sp³-hybridized carbons (Fsp3) is 0.864. The normalized spacial score (nSPS) is 41.0. The summed E-state index contributed by atoms with van der Waals surface area (Å²) in [6.45, 7) is 16.2. The van der Waals surface area contributed by atoms with Crippen LogP contribution in [0.1, 0.15) is 38.5 Å². The smallest absolute Gasteiger partial charge is 0.328 e. The van der Waals surface area contributed by atoms with E-state index in [2.05, 4.69) is 6.55 Å². The Balaban J connectivity index is 1.54. The van der Waals surface area contributed by atoms with Crippen LogP contribution in [-0.4, -0.2) is 97.5 Å². The summed E-state index contributed by atoms with van der Waals surface area (Å²) in [5, 5.41) is 0. The van der Waals surface area contributed by atoms with Crippen LogP contribution in [-0.2, 0) is 52.0 Å². The molecule has 5 unspecified atom stereocenters. The maximum Gasteiger partial charge on any atom is 0.328 e. The first-order valence-corrected chi connectivity index (χ1v) is 32.7. The number of esters is 1. The molecule has 2 heterocycles. The molecule has 3 fully saturated rings. The minimum Gasteiger partial charge on any atom is -0.465 e. The van der Waals surface area contributed by atoms with E-state index in [1.165, 1.54) is 0 Å². The van der Waals surface area contributed by atoms with Crippen molar-refractivity contribution in [3.63, 3.8) is 0 Å². The largest absolute Gasteiger partial charge is 0.465 e. The molecule has 0 aromatic rings. The maximum atomic E-state index is 13.4. The second-order valence-corrected chi connectivity index (χ2v) is 32.1. The summed E-state index contributed by atoms with van der Waals surface area (Å²) >= 11 is 0. The van der Waals surface area contributed by atoms with Gasteiger partial charge in [0.25, 0.3) is 55.7 Å². The monoisotopic (exact) mass is 730 g/mol. The molecule has 3 aliphatic rings. The third-order valence-electron chi connectivity index (χ3n) is 7.96. The van der Waals surface area contributed by atoms with Crippen LogP contribution in [0.2, 0.25) is 64.0 Å². The lowest BCUT2D eigenvalue weighted by Gasteiger charge is -2.44. The van der Waals surface area contributed by atoms with Crippen molar-refractivity contribution >= 4 is 90.9 Å². The van der Waals surface area contributed by atoms with Crippen molar-refractivity contribution < 1.29 is 52.0 Å². The standard InChI is InChI=1S/C22H50O12Si8/c1-35-27-37(3)31-41(7,32-38(4)28-35)17-9-16-26-22(25)19-12-10-18(11-13-19)21(20(24)14-15-23)42(8)33-39(5)29-36(2)30-40(6)34-42/h15,18-19,21,35-40H,9-14,16-17H2,1-8H3. The van der Waals surface area contributed by atoms with Gasteiger partial charge in [-0.2, -0.15) is 0 Å². The van der Waals surface area contributed by atoms with Gasteiger partial charge in [-0.3, -0.25) is 9.59 Å². The number of rotatable bonds is 10. The highest BCUT2D eigenvalue weighted by molar-refractivity contribution is 6.84. The Morgan fingerprint density at radius 2 is 1.26 bits per heavy atom. The van der Waals surface area contributed by atoms with E-state index in [9.17, 15) is 14.4 Å². The molecule has 0 N–H and O–H groups in total. The van der Waals surface area contributed by atoms with Crippen molar-refractivity contribution in [3.8, 4) is 0 Å². The summed E-state index contributed by atoms with van der Waals surface area (Å²) in [7, 11) is -16.8. The Kier molecular flexibility index (Phi) is 14.6. The highest BCUT2D eigenvalue weighted by atomic mass is 28.5. The molecule has 0 aromatic carbocycles. The van der Waals surface area contributed by atoms with Crippen molar-refractivity contribution in [3.05, 3.63) is 0 Å². The molecule has 5 atom stereocenters. The minimum absolute atomic E-state index is 0.0262. The first kappa shape index (κ1) is 36.7. The number of carbonyl (C=O) groups is 3. The third-order valence-corrected chi connectivity index (χ3v) is 36.4. The molecule has 2 saturated heterocycles. The van der Waals surface area contributed by atoms with Crippen LogP contribution in [0.15, 0.2) is 0 Å². The molecule has 0 radical (unpaired) electrons. The number of hydrogen-bond donors (Lipinski definition) is 0. The number of Topliss-reactive ketones (excluding diaryl/α,β-unsaturated/α-hetero) is 1. The molecular formula is C22H50O12Si8. The van der Waals surface area contributed by atoms with Gasteiger partial charge in [-0.05, 0) is 96.4 Å². The van der Waals surface area contributed by atoms with Crippen LogP contribution in [0.4, 0.5) is 0 Å². The highest BCUT2D eigenvalue weighted by Gasteiger charge is 2.53. The first-order valence-electron chi connectivity index (χ1n) is 15.2. The van der Waals surface area contributed by atoms with Gasteiger partial charge in [0.1, 0.15) is 12.1 Å². The van der Waals surface area contributed by atoms with Gasteiger partial charge in [0.05, 0.1) is 24.5 Å². The zero-order chi connectivity index (χ0) is 31.1. The van der Waals surface area contributed by atoms with Gasteiger partial charge in [0, 0.05) is 0 Å². The summed E-state index contributed by atoms with van der Waals surface area (Å²) in [6, 6.07) is 0.715. The van der Waals surface area contributed by atoms with Crippen LogP contribution in [0, 0.1) is 11.8 Å². The third kappa shape index (κ3) is 10.9. The molecular weight excluding hydrogens is 681 g/mol. The molecule has 3 rings (SSSR count). The number of aldehydes is 1. The average Bonchev–Trinajstić information content (AvgIpc) is 2.84. The van der Waals surface area contributed by atoms with Gasteiger partial charge in [-0.1, -0.05) is 0 Å². The van der Waals surface area contributed by atoms with E-state index in [1.807, 2.05) is 45.8 Å². The Morgan fingerprint density at radius 3 is 1.74 bits per heavy atom. The summed E-state index contributed by atoms with van der Waals surface area (Å²) in [4.78, 5) is 37.7. The SMILES string of the molecule is C[SiH]1O[SiH](C)O[Si](C)(CCCOC(=O)C2CCC(C(C(=O)CC=O)[Si]3(C)O[SiH](C)O[SiH](C)O[SiH](C)O3)CC2)O[SiH](C)O1. The van der Waals surface area contributed by atoms with Crippen molar-refractivity contribution in [2.45, 2.75) is 102 Å². The van der Waals surface area contributed by atoms with E-state index in [4.69, 9.17) is 37.7 Å². The topological polar surface area (TPSA) is 134 Å². The second kappa shape index (κ2) is 16.7. The zero-order valence-corrected chi connectivity index (χ0v) is 35.3. The Morgan fingerprint density at radius 1 is 0.786 bits per heavy atom. The van der Waals surface area contributed by atoms with Crippen molar-refractivity contribution in [1.29, 1.82) is 0 Å². The van der Waals surface area contributed by atoms with Gasteiger partial charge >= 0.3 is 23.1 Å². The van der Waals surface area contributed by atoms with Crippen molar-refractivity contribution in [2.75, 3.05) is 6.61 Å². The summed E-state index contributed by atoms with van der Waals surface area (Å²) in [6.07, 6.45) is 3.74. The van der Waals surface area contributed by atoms with E-state index in [0.717, 1.165) is 0 Å². The number of ether oxygens (including phenoxy) is 1. The summed E-state index contributed by atoms with van der Waals surface area (Å²) < 4.78 is 55.4. The average molecular weight is 731 g/mol. The molecule has 12 nitrogen and oxygen atoms in total. The van der Waals surface area contributed by atoms with E-state index < -0.39 is 78.4 Å². The number of ketones is 1. The molecule has 1 aliphatic carbocycles. The molecule has 0 spiro atoms. The molecule has 2 aliphatic heterocycles. The quantitative estimate of drug-likeness (QED) is 0.106. The molecule has 1 saturated carbocycles. The van der Waals surface area contributed by atoms with Crippen LogP contribution < -0.4 is 0 Å². The fourth-order valence-corrected chi connectivity index (χ4v) is 36.8. The zero-order valence-electron chi connectivity index (χ0n) is 26.3. The van der Waals surface area contributed by atoms with Gasteiger partial charge in [0.15, 0.2) is 0 Å². The van der Waals surface area contributed by atoms with Crippen LogP contribution in [0.3, 0.4) is 0 Å². The Bertz CT molecular complexity index is 885. The second-order valence-electron chi connectivity index (χ2n) is 11.8. The van der Waals surface area contributed by atoms with Gasteiger partial charge < -0.3 is 42.5 Å². The van der Waals surface area contributed by atoms with Gasteiger partial charge in [-0.15, -0.1) is 0 Å². The molecule has 0 aromatic heterocycles. The van der Waals surface area contributed by atoms with Crippen LogP contribution in [0.25, 0.3) is 0 Å². The predicted molar refractivity (Wildman–Crippen MR) is 175 cm³/mol. The lowest BCUT2D eigenvalue weighted by molar-refractivity contribution is -0.150. The van der Waals surface area contributed by atoms with Crippen molar-refractivity contribution in [1.82, 2.24) is 0 Å². The van der Waals surface area contributed by atoms with Gasteiger partial charge in [-0.25, -0.2) is 0 Å². The molecule has 0 bridgehead atoms. The molecule has 242 valence electrons. The minimum atomic E-state index is -3.07. The maximum absolute atomic E-state index is 13.4. The predicted octanol–water partition coefficient (Wildman–Crippen LogP) is 1.66. The number of hydrogen-bond acceptors (Lipinski definition) is 12. The lowest BCUT2D eigenvalue weighted by Crippen LogP contribution is -2.58. The lowest BCUT2D eigenvalue weighted by atomic mass is 9.79. The molecule has 42 heavy (non-hydrogen) atoms. The highest BCUT2D eigenvalue weighted by Crippen LogP contribution is 2.44. The summed E-state index contributed by atoms with van der Waals surface area (Å²) in [5.41, 5.74) is -0.503. The van der Waals surface area contributed by atoms with Crippen molar-refractivity contribution in [2.24, 2.45) is 11.8 Å². The van der Waals surface area contributed by atoms with Gasteiger partial charge in [0.2, 0.25) is 0 Å². The van der Waals surface area contributed by atoms with E-state index in [1.54, 1.807) is 0 Å². The Labute approximate surface area is 262 Å². The first-order chi connectivity index (χ1) is 19.7. The van der Waals surface area contributed by atoms with E-state index >= 15 is 0 Å². The molecule has 0 amide bonds. The number of carbonyl (C=O) groups excluding carboxylic acids is 3. The Hall–Kier alpha value is 0.225. The fourth-order valence-electron chi connectivity index (χ4n) is 6.50. The van der Waals surface area contributed by atoms with Crippen LogP contribution in [0.5, 0.6) is 0 Å². The van der Waals surface area contributed by atoms with E-state index in [0.29, 0.717) is 51.0 Å². The van der Waals surface area contributed by atoms with E-state index in [-0.39, 0.29) is 30.0 Å². The molecule has 20 heteroatoms.